The van der Waals surface area contributed by atoms with Gasteiger partial charge in [-0.3, -0.25) is 4.79 Å². The molecule has 0 bridgehead atoms. The third kappa shape index (κ3) is 2.55. The molecule has 0 aromatic rings. The maximum atomic E-state index is 10.8. The zero-order chi connectivity index (χ0) is 8.15. The highest BCUT2D eigenvalue weighted by Gasteiger charge is 2.16. The first kappa shape index (κ1) is 9.74. The molecule has 0 aliphatic carbocycles. The van der Waals surface area contributed by atoms with Crippen molar-refractivity contribution < 1.29 is 15.0 Å². The van der Waals surface area contributed by atoms with Gasteiger partial charge in [0.15, 0.2) is 0 Å². The second-order valence-corrected chi connectivity index (χ2v) is 2.24. The van der Waals surface area contributed by atoms with Gasteiger partial charge in [-0.15, -0.1) is 0 Å². The van der Waals surface area contributed by atoms with Gasteiger partial charge in [-0.1, -0.05) is 0 Å². The van der Waals surface area contributed by atoms with Crippen LogP contribution in [0.4, 0.5) is 0 Å². The standard InChI is InChI=1S/C5H11NO3S/c1-6(3-7)5(9)4(8)2-10/h4,7-8,10H,2-3H2,1H3. The van der Waals surface area contributed by atoms with Crippen molar-refractivity contribution in [3.8, 4) is 0 Å². The van der Waals surface area contributed by atoms with Crippen molar-refractivity contribution in [2.75, 3.05) is 19.5 Å². The number of amides is 1. The topological polar surface area (TPSA) is 60.8 Å². The van der Waals surface area contributed by atoms with E-state index in [1.54, 1.807) is 0 Å². The minimum atomic E-state index is -1.11. The van der Waals surface area contributed by atoms with E-state index in [4.69, 9.17) is 10.2 Å². The van der Waals surface area contributed by atoms with E-state index in [1.165, 1.54) is 7.05 Å². The molecular formula is C5H11NO3S. The fourth-order valence-corrected chi connectivity index (χ4v) is 0.558. The number of hydrogen-bond donors (Lipinski definition) is 3. The Labute approximate surface area is 64.9 Å². The van der Waals surface area contributed by atoms with Gasteiger partial charge < -0.3 is 15.1 Å². The van der Waals surface area contributed by atoms with Crippen LogP contribution in [0.2, 0.25) is 0 Å². The first-order valence-corrected chi connectivity index (χ1v) is 3.41. The van der Waals surface area contributed by atoms with Gasteiger partial charge in [-0.05, 0) is 0 Å². The molecule has 1 unspecified atom stereocenters. The number of likely N-dealkylation sites (N-methyl/N-ethyl adjacent to an activating group) is 1. The molecule has 2 N–H and O–H groups in total. The van der Waals surface area contributed by atoms with Crippen LogP contribution in [0.1, 0.15) is 0 Å². The van der Waals surface area contributed by atoms with Crippen molar-refractivity contribution in [2.45, 2.75) is 6.10 Å². The molecule has 4 nitrogen and oxygen atoms in total. The summed E-state index contributed by atoms with van der Waals surface area (Å²) in [7, 11) is 1.40. The molecule has 0 spiro atoms. The van der Waals surface area contributed by atoms with Gasteiger partial charge in [0.1, 0.15) is 12.8 Å². The summed E-state index contributed by atoms with van der Waals surface area (Å²) in [6, 6.07) is 0. The van der Waals surface area contributed by atoms with Crippen LogP contribution in [0.25, 0.3) is 0 Å². The van der Waals surface area contributed by atoms with E-state index in [1.807, 2.05) is 0 Å². The van der Waals surface area contributed by atoms with Crippen molar-refractivity contribution in [1.82, 2.24) is 4.90 Å². The zero-order valence-electron chi connectivity index (χ0n) is 5.69. The number of carbonyl (C=O) groups excluding carboxylic acids is 1. The van der Waals surface area contributed by atoms with Crippen LogP contribution in [0.15, 0.2) is 0 Å². The number of carbonyl (C=O) groups is 1. The second kappa shape index (κ2) is 4.54. The lowest BCUT2D eigenvalue weighted by atomic mass is 10.3. The predicted molar refractivity (Wildman–Crippen MR) is 39.7 cm³/mol. The molecule has 0 aromatic heterocycles. The van der Waals surface area contributed by atoms with Gasteiger partial charge in [0.05, 0.1) is 0 Å². The molecule has 0 saturated carbocycles. The zero-order valence-corrected chi connectivity index (χ0v) is 6.58. The molecule has 0 aliphatic heterocycles. The molecular weight excluding hydrogens is 154 g/mol. The lowest BCUT2D eigenvalue weighted by Crippen LogP contribution is -2.37. The van der Waals surface area contributed by atoms with E-state index in [0.717, 1.165) is 4.90 Å². The van der Waals surface area contributed by atoms with Gasteiger partial charge in [-0.2, -0.15) is 12.6 Å². The summed E-state index contributed by atoms with van der Waals surface area (Å²) >= 11 is 3.71. The summed E-state index contributed by atoms with van der Waals surface area (Å²) in [6.45, 7) is -0.385. The monoisotopic (exact) mass is 165 g/mol. The van der Waals surface area contributed by atoms with Crippen LogP contribution in [-0.4, -0.2) is 46.7 Å². The van der Waals surface area contributed by atoms with Crippen molar-refractivity contribution in [1.29, 1.82) is 0 Å². The average molecular weight is 165 g/mol. The van der Waals surface area contributed by atoms with Crippen LogP contribution in [-0.2, 0) is 4.79 Å². The highest BCUT2D eigenvalue weighted by molar-refractivity contribution is 7.80. The fourth-order valence-electron chi connectivity index (χ4n) is 0.402. The number of hydrogen-bond acceptors (Lipinski definition) is 4. The fraction of sp³-hybridized carbons (Fsp3) is 0.800. The predicted octanol–water partition coefficient (Wildman–Crippen LogP) is -1.31. The summed E-state index contributed by atoms with van der Waals surface area (Å²) < 4.78 is 0. The molecule has 5 heteroatoms. The third-order valence-electron chi connectivity index (χ3n) is 1.05. The number of thiol groups is 1. The molecule has 0 saturated heterocycles. The molecule has 10 heavy (non-hydrogen) atoms. The molecule has 0 aliphatic rings. The molecule has 60 valence electrons. The quantitative estimate of drug-likeness (QED) is 0.359. The molecule has 0 rings (SSSR count). The van der Waals surface area contributed by atoms with Crippen LogP contribution >= 0.6 is 12.6 Å². The van der Waals surface area contributed by atoms with Crippen LogP contribution in [0.5, 0.6) is 0 Å². The maximum Gasteiger partial charge on any atom is 0.253 e. The summed E-state index contributed by atoms with van der Waals surface area (Å²) in [5.74, 6) is -0.444. The second-order valence-electron chi connectivity index (χ2n) is 1.88. The Balaban J connectivity index is 3.82. The molecule has 1 atom stereocenters. The highest BCUT2D eigenvalue weighted by atomic mass is 32.1. The first-order chi connectivity index (χ1) is 4.63. The number of aliphatic hydroxyl groups excluding tert-OH is 2. The van der Waals surface area contributed by atoms with Crippen molar-refractivity contribution >= 4 is 18.5 Å². The SMILES string of the molecule is CN(CO)C(=O)C(O)CS. The minimum Gasteiger partial charge on any atom is -0.382 e. The Bertz CT molecular complexity index is 107. The highest BCUT2D eigenvalue weighted by Crippen LogP contribution is 1.92. The van der Waals surface area contributed by atoms with Crippen LogP contribution < -0.4 is 0 Å². The van der Waals surface area contributed by atoms with E-state index in [9.17, 15) is 4.79 Å². The van der Waals surface area contributed by atoms with Crippen molar-refractivity contribution in [2.24, 2.45) is 0 Å². The summed E-state index contributed by atoms with van der Waals surface area (Å²) in [6.07, 6.45) is -1.11. The van der Waals surface area contributed by atoms with E-state index in [0.29, 0.717) is 0 Å². The summed E-state index contributed by atoms with van der Waals surface area (Å²) in [5, 5.41) is 17.3. The van der Waals surface area contributed by atoms with E-state index in [-0.39, 0.29) is 12.5 Å². The van der Waals surface area contributed by atoms with Crippen molar-refractivity contribution in [3.63, 3.8) is 0 Å². The van der Waals surface area contributed by atoms with E-state index in [2.05, 4.69) is 12.6 Å². The van der Waals surface area contributed by atoms with Gasteiger partial charge in [0.25, 0.3) is 5.91 Å². The molecule has 0 aromatic carbocycles. The normalized spacial score (nSPS) is 12.8. The van der Waals surface area contributed by atoms with Crippen LogP contribution in [0.3, 0.4) is 0 Å². The first-order valence-electron chi connectivity index (χ1n) is 2.78. The van der Waals surface area contributed by atoms with E-state index < -0.39 is 12.0 Å². The molecule has 0 heterocycles. The van der Waals surface area contributed by atoms with Gasteiger partial charge in [-0.25, -0.2) is 0 Å². The number of nitrogens with zero attached hydrogens (tertiary/aromatic N) is 1. The average Bonchev–Trinajstić information content (AvgIpc) is 2.00. The van der Waals surface area contributed by atoms with Gasteiger partial charge in [0.2, 0.25) is 0 Å². The third-order valence-corrected chi connectivity index (χ3v) is 1.39. The Kier molecular flexibility index (Phi) is 4.42. The number of rotatable bonds is 3. The Morgan fingerprint density at radius 2 is 2.30 bits per heavy atom. The molecule has 1 amide bonds. The number of aliphatic hydroxyl groups is 2. The summed E-state index contributed by atoms with van der Waals surface area (Å²) in [5.41, 5.74) is 0. The van der Waals surface area contributed by atoms with E-state index >= 15 is 0 Å². The Morgan fingerprint density at radius 1 is 1.80 bits per heavy atom. The lowest BCUT2D eigenvalue weighted by molar-refractivity contribution is -0.140. The minimum absolute atomic E-state index is 0.0726. The van der Waals surface area contributed by atoms with Gasteiger partial charge >= 0.3 is 0 Å². The Morgan fingerprint density at radius 3 is 2.60 bits per heavy atom. The Hall–Kier alpha value is -0.260. The lowest BCUT2D eigenvalue weighted by Gasteiger charge is -2.16. The van der Waals surface area contributed by atoms with Crippen LogP contribution in [0, 0.1) is 0 Å². The van der Waals surface area contributed by atoms with Gasteiger partial charge in [0, 0.05) is 12.8 Å². The summed E-state index contributed by atoms with van der Waals surface area (Å²) in [4.78, 5) is 11.8. The van der Waals surface area contributed by atoms with Crippen molar-refractivity contribution in [3.05, 3.63) is 0 Å². The largest absolute Gasteiger partial charge is 0.382 e. The molecule has 0 fully saturated rings. The smallest absolute Gasteiger partial charge is 0.253 e. The molecule has 0 radical (unpaired) electrons. The maximum absolute atomic E-state index is 10.8.